The summed E-state index contributed by atoms with van der Waals surface area (Å²) in [6.07, 6.45) is -0.0518. The van der Waals surface area contributed by atoms with Crippen LogP contribution >= 0.6 is 15.2 Å². The molecule has 0 aromatic rings. The van der Waals surface area contributed by atoms with Gasteiger partial charge in [0.1, 0.15) is 0 Å². The normalized spacial score (nSPS) is 18.1. The highest BCUT2D eigenvalue weighted by Crippen LogP contribution is 2.45. The summed E-state index contributed by atoms with van der Waals surface area (Å²) in [4.78, 5) is 0. The molecule has 184 valence electrons. The van der Waals surface area contributed by atoms with E-state index in [2.05, 4.69) is 0 Å². The van der Waals surface area contributed by atoms with Crippen molar-refractivity contribution in [2.45, 2.75) is 106 Å². The van der Waals surface area contributed by atoms with Crippen molar-refractivity contribution in [1.29, 1.82) is 0 Å². The van der Waals surface area contributed by atoms with Crippen LogP contribution in [0.3, 0.4) is 0 Å². The van der Waals surface area contributed by atoms with Crippen LogP contribution in [0.5, 0.6) is 0 Å². The number of rotatable bonds is 14. The molecule has 4 atom stereocenters. The highest BCUT2D eigenvalue weighted by Gasteiger charge is 2.21. The predicted octanol–water partition coefficient (Wildman–Crippen LogP) is 6.13. The van der Waals surface area contributed by atoms with E-state index in [1.54, 1.807) is 0 Å². The van der Waals surface area contributed by atoms with Crippen molar-refractivity contribution in [2.24, 2.45) is 0 Å². The molecule has 0 bridgehead atoms. The zero-order valence-electron chi connectivity index (χ0n) is 21.0. The molecule has 30 heavy (non-hydrogen) atoms. The number of ether oxygens (including phenoxy) is 2. The van der Waals surface area contributed by atoms with Crippen LogP contribution in [0.4, 0.5) is 0 Å². The first-order chi connectivity index (χ1) is 13.5. The maximum absolute atomic E-state index is 11.7. The third-order valence-electron chi connectivity index (χ3n) is 2.90. The van der Waals surface area contributed by atoms with Crippen molar-refractivity contribution in [1.82, 2.24) is 0 Å². The highest BCUT2D eigenvalue weighted by molar-refractivity contribution is 7.53. The van der Waals surface area contributed by atoms with Crippen molar-refractivity contribution in [2.75, 3.05) is 26.5 Å². The summed E-state index contributed by atoms with van der Waals surface area (Å²) in [6, 6.07) is 0. The maximum Gasteiger partial charge on any atom is 0.327 e. The standard InChI is InChI=1S/2C10H23O4P/c2*1-8(2)13-10(5)7-12-15(6,11)14-9(3)4/h2*8-10H,7H2,1-6H3/t2*10-,15?/m10/s1. The molecule has 2 unspecified atom stereocenters. The van der Waals surface area contributed by atoms with Crippen LogP contribution in [0.2, 0.25) is 0 Å². The first-order valence-electron chi connectivity index (χ1n) is 10.6. The summed E-state index contributed by atoms with van der Waals surface area (Å²) >= 11 is 0. The summed E-state index contributed by atoms with van der Waals surface area (Å²) in [5, 5.41) is 0. The molecule has 0 amide bonds. The SMILES string of the molecule is CC(C)O[C@@H](C)COP(C)(=O)OC(C)C.CC(C)O[C@H](C)COP(C)(=O)OC(C)C. The molecular weight excluding hydrogens is 430 g/mol. The van der Waals surface area contributed by atoms with Gasteiger partial charge in [-0.05, 0) is 69.2 Å². The third kappa shape index (κ3) is 22.9. The second-order valence-electron chi connectivity index (χ2n) is 8.43. The van der Waals surface area contributed by atoms with Gasteiger partial charge in [0.05, 0.1) is 49.8 Å². The van der Waals surface area contributed by atoms with Crippen LogP contribution in [-0.4, -0.2) is 63.2 Å². The molecule has 0 aliphatic rings. The maximum atomic E-state index is 11.7. The van der Waals surface area contributed by atoms with Crippen LogP contribution < -0.4 is 0 Å². The molecule has 0 heterocycles. The molecule has 0 radical (unpaired) electrons. The summed E-state index contributed by atoms with van der Waals surface area (Å²) < 4.78 is 55.1. The van der Waals surface area contributed by atoms with E-state index < -0.39 is 15.2 Å². The van der Waals surface area contributed by atoms with Crippen LogP contribution in [0.25, 0.3) is 0 Å². The Bertz CT molecular complexity index is 477. The van der Waals surface area contributed by atoms with Gasteiger partial charge in [0.25, 0.3) is 0 Å². The van der Waals surface area contributed by atoms with Crippen LogP contribution in [0.15, 0.2) is 0 Å². The van der Waals surface area contributed by atoms with E-state index >= 15 is 0 Å². The Morgan fingerprint density at radius 3 is 1.00 bits per heavy atom. The molecule has 0 spiro atoms. The van der Waals surface area contributed by atoms with Crippen molar-refractivity contribution in [3.05, 3.63) is 0 Å². The van der Waals surface area contributed by atoms with Gasteiger partial charge in [-0.15, -0.1) is 0 Å². The molecular formula is C20H46O8P2. The second-order valence-corrected chi connectivity index (χ2v) is 12.5. The molecule has 0 fully saturated rings. The average molecular weight is 477 g/mol. The highest BCUT2D eigenvalue weighted by atomic mass is 31.2. The van der Waals surface area contributed by atoms with Crippen molar-refractivity contribution in [3.8, 4) is 0 Å². The topological polar surface area (TPSA) is 89.5 Å². The zero-order valence-corrected chi connectivity index (χ0v) is 22.8. The fourth-order valence-electron chi connectivity index (χ4n) is 2.32. The van der Waals surface area contributed by atoms with Crippen LogP contribution in [0, 0.1) is 0 Å². The molecule has 10 heteroatoms. The van der Waals surface area contributed by atoms with Gasteiger partial charge < -0.3 is 27.6 Å². The average Bonchev–Trinajstić information content (AvgIpc) is 2.48. The Balaban J connectivity index is 0. The Morgan fingerprint density at radius 2 is 0.800 bits per heavy atom. The van der Waals surface area contributed by atoms with Gasteiger partial charge in [-0.25, -0.2) is 0 Å². The van der Waals surface area contributed by atoms with Crippen molar-refractivity contribution < 1.29 is 36.7 Å². The van der Waals surface area contributed by atoms with E-state index in [1.165, 1.54) is 13.3 Å². The van der Waals surface area contributed by atoms with Gasteiger partial charge in [0, 0.05) is 13.3 Å². The minimum Gasteiger partial charge on any atom is -0.373 e. The molecule has 0 saturated carbocycles. The van der Waals surface area contributed by atoms with Crippen LogP contribution in [-0.2, 0) is 36.7 Å². The molecule has 0 N–H and O–H groups in total. The Kier molecular flexibility index (Phi) is 17.2. The van der Waals surface area contributed by atoms with Gasteiger partial charge in [0.2, 0.25) is 0 Å². The van der Waals surface area contributed by atoms with Gasteiger partial charge >= 0.3 is 15.2 Å². The van der Waals surface area contributed by atoms with Gasteiger partial charge in [-0.3, -0.25) is 9.13 Å². The van der Waals surface area contributed by atoms with E-state index in [1.807, 2.05) is 69.2 Å². The lowest BCUT2D eigenvalue weighted by atomic mass is 10.4. The van der Waals surface area contributed by atoms with E-state index in [4.69, 9.17) is 27.6 Å². The lowest BCUT2D eigenvalue weighted by Crippen LogP contribution is -2.20. The fraction of sp³-hybridized carbons (Fsp3) is 1.00. The smallest absolute Gasteiger partial charge is 0.327 e. The zero-order chi connectivity index (χ0) is 24.1. The van der Waals surface area contributed by atoms with Crippen LogP contribution in [0.1, 0.15) is 69.2 Å². The van der Waals surface area contributed by atoms with E-state index in [0.717, 1.165) is 0 Å². The summed E-state index contributed by atoms with van der Waals surface area (Å²) in [5.74, 6) is 0. The monoisotopic (exact) mass is 476 g/mol. The first-order valence-corrected chi connectivity index (χ1v) is 14.6. The van der Waals surface area contributed by atoms with E-state index in [9.17, 15) is 9.13 Å². The minimum atomic E-state index is -2.93. The van der Waals surface area contributed by atoms with Crippen molar-refractivity contribution >= 4 is 15.2 Å². The molecule has 0 saturated heterocycles. The second kappa shape index (κ2) is 15.9. The predicted molar refractivity (Wildman–Crippen MR) is 123 cm³/mol. The lowest BCUT2D eigenvalue weighted by molar-refractivity contribution is -0.0103. The lowest BCUT2D eigenvalue weighted by Gasteiger charge is -2.20. The third-order valence-corrected chi connectivity index (χ3v) is 5.75. The van der Waals surface area contributed by atoms with Crippen molar-refractivity contribution in [3.63, 3.8) is 0 Å². The first kappa shape index (κ1) is 32.4. The van der Waals surface area contributed by atoms with Gasteiger partial charge in [-0.1, -0.05) is 0 Å². The summed E-state index contributed by atoms with van der Waals surface area (Å²) in [5.41, 5.74) is 0. The van der Waals surface area contributed by atoms with Gasteiger partial charge in [-0.2, -0.15) is 0 Å². The summed E-state index contributed by atoms with van der Waals surface area (Å²) in [7, 11) is -5.85. The van der Waals surface area contributed by atoms with E-state index in [0.29, 0.717) is 13.2 Å². The molecule has 0 aliphatic heterocycles. The van der Waals surface area contributed by atoms with Gasteiger partial charge in [0.15, 0.2) is 0 Å². The molecule has 0 aromatic carbocycles. The molecule has 0 aliphatic carbocycles. The summed E-state index contributed by atoms with van der Waals surface area (Å²) in [6.45, 7) is 22.4. The Labute approximate surface area is 184 Å². The molecule has 8 nitrogen and oxygen atoms in total. The Morgan fingerprint density at radius 1 is 0.533 bits per heavy atom. The fourth-order valence-corrected chi connectivity index (χ4v) is 4.93. The minimum absolute atomic E-state index is 0.0750. The molecule has 0 aromatic heterocycles. The molecule has 0 rings (SSSR count). The Hall–Kier alpha value is 0.220. The van der Waals surface area contributed by atoms with E-state index in [-0.39, 0.29) is 36.6 Å². The number of hydrogen-bond donors (Lipinski definition) is 0. The quantitative estimate of drug-likeness (QED) is 0.277. The largest absolute Gasteiger partial charge is 0.373 e. The number of hydrogen-bond acceptors (Lipinski definition) is 8.